The molecular weight excluding hydrogens is 510 g/mol. The van der Waals surface area contributed by atoms with Gasteiger partial charge in [0.2, 0.25) is 5.91 Å². The van der Waals surface area contributed by atoms with Gasteiger partial charge in [-0.3, -0.25) is 9.59 Å². The predicted octanol–water partition coefficient (Wildman–Crippen LogP) is 4.99. The second kappa shape index (κ2) is 12.5. The number of phenolic OH excluding ortho intramolecular Hbond substituents is 2. The van der Waals surface area contributed by atoms with Crippen molar-refractivity contribution in [2.24, 2.45) is 0 Å². The zero-order valence-corrected chi connectivity index (χ0v) is 23.7. The average molecular weight is 548 g/mol. The first-order chi connectivity index (χ1) is 18.7. The van der Waals surface area contributed by atoms with E-state index in [4.69, 9.17) is 4.74 Å². The minimum absolute atomic E-state index is 0.0171. The van der Waals surface area contributed by atoms with E-state index in [0.29, 0.717) is 16.8 Å². The number of aryl methyl sites for hydroxylation is 2. The Balaban J connectivity index is 1.97. The van der Waals surface area contributed by atoms with E-state index in [1.807, 2.05) is 32.0 Å². The predicted molar refractivity (Wildman–Crippen MR) is 153 cm³/mol. The van der Waals surface area contributed by atoms with Crippen molar-refractivity contribution in [1.82, 2.24) is 10.2 Å². The highest BCUT2D eigenvalue weighted by Crippen LogP contribution is 2.27. The van der Waals surface area contributed by atoms with Gasteiger partial charge >= 0.3 is 6.09 Å². The number of benzene rings is 3. The van der Waals surface area contributed by atoms with E-state index in [1.165, 1.54) is 36.2 Å². The molecule has 0 saturated carbocycles. The molecule has 3 aromatic rings. The van der Waals surface area contributed by atoms with Crippen LogP contribution in [0.25, 0.3) is 0 Å². The molecule has 0 aromatic heterocycles. The van der Waals surface area contributed by atoms with Crippen molar-refractivity contribution in [1.29, 1.82) is 0 Å². The number of aromatic hydroxyl groups is 2. The zero-order chi connectivity index (χ0) is 29.6. The molecule has 40 heavy (non-hydrogen) atoms. The standard InChI is InChI=1S/C31H37N3O6/c1-19-8-7-9-20(2)26(19)33-28(37)27(22-12-16-24(36)17-13-22)34(6)29(38)25(32-30(39)40-31(3,4)5)18-21-10-14-23(35)15-11-21/h7-17,25,27,35-36H,18H2,1-6H3,(H,32,39)(H,33,37). The van der Waals surface area contributed by atoms with Crippen molar-refractivity contribution in [3.8, 4) is 11.5 Å². The average Bonchev–Trinajstić information content (AvgIpc) is 2.87. The maximum Gasteiger partial charge on any atom is 0.408 e. The molecule has 0 spiro atoms. The number of phenols is 2. The van der Waals surface area contributed by atoms with Gasteiger partial charge in [0.25, 0.3) is 5.91 Å². The van der Waals surface area contributed by atoms with Crippen molar-refractivity contribution in [2.45, 2.75) is 58.7 Å². The van der Waals surface area contributed by atoms with Crippen LogP contribution >= 0.6 is 0 Å². The van der Waals surface area contributed by atoms with Gasteiger partial charge in [0.15, 0.2) is 0 Å². The van der Waals surface area contributed by atoms with Crippen LogP contribution in [0.4, 0.5) is 10.5 Å². The maximum absolute atomic E-state index is 14.0. The van der Waals surface area contributed by atoms with E-state index in [2.05, 4.69) is 10.6 Å². The Labute approximate surface area is 234 Å². The quantitative estimate of drug-likeness (QED) is 0.315. The summed E-state index contributed by atoms with van der Waals surface area (Å²) in [4.78, 5) is 41.7. The van der Waals surface area contributed by atoms with Crippen LogP contribution < -0.4 is 10.6 Å². The largest absolute Gasteiger partial charge is 0.508 e. The summed E-state index contributed by atoms with van der Waals surface area (Å²) >= 11 is 0. The van der Waals surface area contributed by atoms with Gasteiger partial charge in [0, 0.05) is 19.2 Å². The smallest absolute Gasteiger partial charge is 0.408 e. The van der Waals surface area contributed by atoms with Crippen molar-refractivity contribution >= 4 is 23.6 Å². The molecule has 0 radical (unpaired) electrons. The van der Waals surface area contributed by atoms with Gasteiger partial charge < -0.3 is 30.5 Å². The highest BCUT2D eigenvalue weighted by atomic mass is 16.6. The van der Waals surface area contributed by atoms with Gasteiger partial charge in [-0.1, -0.05) is 42.5 Å². The summed E-state index contributed by atoms with van der Waals surface area (Å²) in [5.74, 6) is -0.906. The SMILES string of the molecule is Cc1cccc(C)c1NC(=O)C(c1ccc(O)cc1)N(C)C(=O)C(Cc1ccc(O)cc1)NC(=O)OC(C)(C)C. The second-order valence-corrected chi connectivity index (χ2v) is 10.8. The lowest BCUT2D eigenvalue weighted by molar-refractivity contribution is -0.139. The van der Waals surface area contributed by atoms with Crippen LogP contribution in [0.3, 0.4) is 0 Å². The van der Waals surface area contributed by atoms with Crippen molar-refractivity contribution in [3.05, 3.63) is 89.0 Å². The van der Waals surface area contributed by atoms with Crippen molar-refractivity contribution in [2.75, 3.05) is 12.4 Å². The fraction of sp³-hybridized carbons (Fsp3) is 0.323. The van der Waals surface area contributed by atoms with Crippen LogP contribution in [0, 0.1) is 13.8 Å². The van der Waals surface area contributed by atoms with Crippen LogP contribution in [0.2, 0.25) is 0 Å². The summed E-state index contributed by atoms with van der Waals surface area (Å²) in [7, 11) is 1.49. The number of ether oxygens (including phenoxy) is 1. The molecular formula is C31H37N3O6. The molecule has 9 heteroatoms. The van der Waals surface area contributed by atoms with Gasteiger partial charge in [-0.25, -0.2) is 4.79 Å². The molecule has 0 saturated heterocycles. The third kappa shape index (κ3) is 7.99. The Hall–Kier alpha value is -4.53. The van der Waals surface area contributed by atoms with E-state index >= 15 is 0 Å². The maximum atomic E-state index is 14.0. The summed E-state index contributed by atoms with van der Waals surface area (Å²) in [6.45, 7) is 8.91. The van der Waals surface area contributed by atoms with Gasteiger partial charge in [0.05, 0.1) is 0 Å². The summed E-state index contributed by atoms with van der Waals surface area (Å²) in [6.07, 6.45) is -0.692. The van der Waals surface area contributed by atoms with E-state index in [-0.39, 0.29) is 17.9 Å². The molecule has 0 fully saturated rings. The second-order valence-electron chi connectivity index (χ2n) is 10.8. The molecule has 3 amide bonds. The lowest BCUT2D eigenvalue weighted by Gasteiger charge is -2.32. The molecule has 0 heterocycles. The molecule has 2 unspecified atom stereocenters. The molecule has 0 aliphatic heterocycles. The molecule has 9 nitrogen and oxygen atoms in total. The van der Waals surface area contributed by atoms with E-state index in [9.17, 15) is 24.6 Å². The monoisotopic (exact) mass is 547 g/mol. The number of carbonyl (C=O) groups excluding carboxylic acids is 3. The first-order valence-corrected chi connectivity index (χ1v) is 13.0. The van der Waals surface area contributed by atoms with E-state index in [0.717, 1.165) is 11.1 Å². The summed E-state index contributed by atoms with van der Waals surface area (Å²) in [5.41, 5.74) is 2.73. The number of nitrogens with one attached hydrogen (secondary N) is 2. The lowest BCUT2D eigenvalue weighted by Crippen LogP contribution is -2.52. The number of carbonyl (C=O) groups is 3. The summed E-state index contributed by atoms with van der Waals surface area (Å²) in [5, 5.41) is 25.1. The number of anilines is 1. The molecule has 212 valence electrons. The molecule has 3 rings (SSSR count). The van der Waals surface area contributed by atoms with Gasteiger partial charge in [0.1, 0.15) is 29.2 Å². The van der Waals surface area contributed by atoms with Crippen molar-refractivity contribution < 1.29 is 29.3 Å². The van der Waals surface area contributed by atoms with Crippen molar-refractivity contribution in [3.63, 3.8) is 0 Å². The Bertz CT molecular complexity index is 1330. The van der Waals surface area contributed by atoms with Crippen LogP contribution in [0.15, 0.2) is 66.7 Å². The van der Waals surface area contributed by atoms with Crippen LogP contribution in [-0.2, 0) is 20.7 Å². The van der Waals surface area contributed by atoms with Crippen LogP contribution in [0.1, 0.15) is 49.1 Å². The number of alkyl carbamates (subject to hydrolysis) is 1. The molecule has 4 N–H and O–H groups in total. The number of nitrogens with zero attached hydrogens (tertiary/aromatic N) is 1. The molecule has 0 aliphatic carbocycles. The molecule has 0 bridgehead atoms. The Morgan fingerprint density at radius 2 is 1.40 bits per heavy atom. The number of hydrogen-bond donors (Lipinski definition) is 4. The Kier molecular flexibility index (Phi) is 9.42. The number of likely N-dealkylation sites (N-methyl/N-ethyl adjacent to an activating group) is 1. The Morgan fingerprint density at radius 1 is 0.875 bits per heavy atom. The summed E-state index contributed by atoms with van der Waals surface area (Å²) in [6, 6.07) is 15.8. The Morgan fingerprint density at radius 3 is 1.93 bits per heavy atom. The molecule has 3 aromatic carbocycles. The number of amides is 3. The van der Waals surface area contributed by atoms with E-state index in [1.54, 1.807) is 45.0 Å². The minimum Gasteiger partial charge on any atom is -0.508 e. The van der Waals surface area contributed by atoms with Crippen LogP contribution in [0.5, 0.6) is 11.5 Å². The highest BCUT2D eigenvalue weighted by Gasteiger charge is 2.34. The van der Waals surface area contributed by atoms with E-state index < -0.39 is 35.6 Å². The lowest BCUT2D eigenvalue weighted by atomic mass is 10.0. The first kappa shape index (κ1) is 30.0. The minimum atomic E-state index is -1.09. The fourth-order valence-corrected chi connectivity index (χ4v) is 4.30. The topological polar surface area (TPSA) is 128 Å². The number of para-hydroxylation sites is 1. The normalized spacial score (nSPS) is 12.7. The number of rotatable bonds is 8. The highest BCUT2D eigenvalue weighted by molar-refractivity contribution is 5.99. The third-order valence-electron chi connectivity index (χ3n) is 6.29. The van der Waals surface area contributed by atoms with Gasteiger partial charge in [-0.15, -0.1) is 0 Å². The fourth-order valence-electron chi connectivity index (χ4n) is 4.30. The third-order valence-corrected chi connectivity index (χ3v) is 6.29. The molecule has 2 atom stereocenters. The van der Waals surface area contributed by atoms with Gasteiger partial charge in [-0.05, 0) is 81.1 Å². The van der Waals surface area contributed by atoms with Crippen LogP contribution in [-0.4, -0.2) is 51.7 Å². The molecule has 0 aliphatic rings. The number of hydrogen-bond acceptors (Lipinski definition) is 6. The first-order valence-electron chi connectivity index (χ1n) is 13.0. The zero-order valence-electron chi connectivity index (χ0n) is 23.7. The van der Waals surface area contributed by atoms with Gasteiger partial charge in [-0.2, -0.15) is 0 Å². The summed E-state index contributed by atoms with van der Waals surface area (Å²) < 4.78 is 5.40.